The van der Waals surface area contributed by atoms with Crippen molar-refractivity contribution >= 4 is 16.6 Å². The van der Waals surface area contributed by atoms with Crippen molar-refractivity contribution in [3.8, 4) is 5.75 Å². The summed E-state index contributed by atoms with van der Waals surface area (Å²) in [6, 6.07) is 1.85. The van der Waals surface area contributed by atoms with Crippen LogP contribution in [0.5, 0.6) is 5.75 Å². The lowest BCUT2D eigenvalue weighted by atomic mass is 10.0. The van der Waals surface area contributed by atoms with Gasteiger partial charge in [0.15, 0.2) is 0 Å². The Kier molecular flexibility index (Phi) is 4.55. The average molecular weight is 394 g/mol. The molecule has 3 rings (SSSR count). The molecule has 0 bridgehead atoms. The van der Waals surface area contributed by atoms with Crippen molar-refractivity contribution in [1.82, 2.24) is 4.98 Å². The third-order valence-corrected chi connectivity index (χ3v) is 4.60. The number of alkyl halides is 6. The van der Waals surface area contributed by atoms with Crippen molar-refractivity contribution in [3.63, 3.8) is 0 Å². The molecule has 0 saturated carbocycles. The van der Waals surface area contributed by atoms with Gasteiger partial charge in [0, 0.05) is 17.5 Å². The Bertz CT molecular complexity index is 918. The Balaban J connectivity index is 2.27. The molecule has 0 saturated heterocycles. The first kappa shape index (κ1) is 19.4. The Morgan fingerprint density at radius 3 is 2.37 bits per heavy atom. The summed E-state index contributed by atoms with van der Waals surface area (Å²) in [4.78, 5) is 14.9. The lowest BCUT2D eigenvalue weighted by Gasteiger charge is -2.42. The van der Waals surface area contributed by atoms with Crippen LogP contribution in [-0.4, -0.2) is 29.9 Å². The highest BCUT2D eigenvalue weighted by Crippen LogP contribution is 2.43. The van der Waals surface area contributed by atoms with Crippen molar-refractivity contribution in [1.29, 1.82) is 0 Å². The molecular weight excluding hydrogens is 378 g/mol. The van der Waals surface area contributed by atoms with E-state index in [0.29, 0.717) is 12.5 Å². The highest BCUT2D eigenvalue weighted by Gasteiger charge is 2.40. The first-order valence-electron chi connectivity index (χ1n) is 8.19. The number of anilines is 1. The van der Waals surface area contributed by atoms with Gasteiger partial charge in [-0.3, -0.25) is 4.79 Å². The van der Waals surface area contributed by atoms with Crippen LogP contribution in [0.25, 0.3) is 10.9 Å². The molecular formula is C17H16F6N2O2. The number of H-pyrrole nitrogens is 1. The van der Waals surface area contributed by atoms with Crippen molar-refractivity contribution in [2.75, 3.05) is 11.4 Å². The van der Waals surface area contributed by atoms with Gasteiger partial charge in [0.2, 0.25) is 5.56 Å². The van der Waals surface area contributed by atoms with E-state index in [2.05, 4.69) is 4.98 Å². The lowest BCUT2D eigenvalue weighted by molar-refractivity contribution is -0.136. The molecule has 1 aliphatic heterocycles. The molecule has 0 amide bonds. The molecule has 2 atom stereocenters. The van der Waals surface area contributed by atoms with Crippen LogP contribution in [0, 0.1) is 0 Å². The number of nitrogens with zero attached hydrogens (tertiary/aromatic N) is 1. The topological polar surface area (TPSA) is 45.3 Å². The first-order chi connectivity index (χ1) is 12.4. The fourth-order valence-corrected chi connectivity index (χ4v) is 3.35. The Morgan fingerprint density at radius 2 is 1.81 bits per heavy atom. The number of aromatic nitrogens is 1. The maximum absolute atomic E-state index is 13.3. The summed E-state index contributed by atoms with van der Waals surface area (Å²) >= 11 is 0. The number of hydrogen-bond donors (Lipinski definition) is 1. The van der Waals surface area contributed by atoms with E-state index < -0.39 is 47.6 Å². The molecule has 2 aromatic rings. The monoisotopic (exact) mass is 394 g/mol. The van der Waals surface area contributed by atoms with Gasteiger partial charge in [-0.25, -0.2) is 0 Å². The predicted octanol–water partition coefficient (Wildman–Crippen LogP) is 4.48. The summed E-state index contributed by atoms with van der Waals surface area (Å²) in [5.41, 5.74) is -2.40. The zero-order valence-electron chi connectivity index (χ0n) is 14.3. The van der Waals surface area contributed by atoms with Crippen LogP contribution in [0.1, 0.15) is 25.8 Å². The number of aromatic amines is 1. The molecule has 1 aliphatic rings. The van der Waals surface area contributed by atoms with Gasteiger partial charge in [-0.05, 0) is 19.4 Å². The SMILES string of the molecule is CC[C@@H]1Oc2cc3[nH]c(=O)cc(C(F)(F)F)c3cc2N(CC(F)(F)F)[C@@H]1C. The summed E-state index contributed by atoms with van der Waals surface area (Å²) in [6.45, 7) is 1.95. The molecule has 10 heteroatoms. The van der Waals surface area contributed by atoms with Gasteiger partial charge in [-0.1, -0.05) is 6.92 Å². The summed E-state index contributed by atoms with van der Waals surface area (Å²) in [7, 11) is 0. The zero-order chi connectivity index (χ0) is 20.1. The number of hydrogen-bond acceptors (Lipinski definition) is 3. The van der Waals surface area contributed by atoms with Gasteiger partial charge >= 0.3 is 12.4 Å². The minimum absolute atomic E-state index is 0.00618. The first-order valence-corrected chi connectivity index (χ1v) is 8.19. The smallest absolute Gasteiger partial charge is 0.417 e. The number of nitrogens with one attached hydrogen (secondary N) is 1. The highest BCUT2D eigenvalue weighted by atomic mass is 19.4. The second kappa shape index (κ2) is 6.35. The Hall–Kier alpha value is -2.39. The molecule has 2 heterocycles. The molecule has 0 fully saturated rings. The van der Waals surface area contributed by atoms with E-state index in [-0.39, 0.29) is 17.0 Å². The van der Waals surface area contributed by atoms with Gasteiger partial charge in [0.05, 0.1) is 22.8 Å². The zero-order valence-corrected chi connectivity index (χ0v) is 14.3. The minimum atomic E-state index is -4.83. The second-order valence-electron chi connectivity index (χ2n) is 6.46. The average Bonchev–Trinajstić information content (AvgIpc) is 2.53. The van der Waals surface area contributed by atoms with Gasteiger partial charge in [0.25, 0.3) is 0 Å². The second-order valence-corrected chi connectivity index (χ2v) is 6.46. The molecule has 4 nitrogen and oxygen atoms in total. The van der Waals surface area contributed by atoms with Gasteiger partial charge in [-0.15, -0.1) is 0 Å². The fourth-order valence-electron chi connectivity index (χ4n) is 3.35. The number of fused-ring (bicyclic) bond motifs is 2. The van der Waals surface area contributed by atoms with Gasteiger partial charge in [-0.2, -0.15) is 26.3 Å². The van der Waals surface area contributed by atoms with Crippen molar-refractivity contribution in [2.24, 2.45) is 0 Å². The lowest BCUT2D eigenvalue weighted by Crippen LogP contribution is -2.51. The fraction of sp³-hybridized carbons (Fsp3) is 0.471. The van der Waals surface area contributed by atoms with Crippen LogP contribution in [0.2, 0.25) is 0 Å². The van der Waals surface area contributed by atoms with Crippen LogP contribution in [0.15, 0.2) is 23.0 Å². The van der Waals surface area contributed by atoms with E-state index in [1.165, 1.54) is 6.92 Å². The van der Waals surface area contributed by atoms with E-state index in [0.717, 1.165) is 17.0 Å². The Morgan fingerprint density at radius 1 is 1.15 bits per heavy atom. The summed E-state index contributed by atoms with van der Waals surface area (Å²) in [5.74, 6) is 0.00618. The predicted molar refractivity (Wildman–Crippen MR) is 87.1 cm³/mol. The molecule has 0 radical (unpaired) electrons. The number of ether oxygens (including phenoxy) is 1. The number of halogens is 6. The maximum Gasteiger partial charge on any atom is 0.417 e. The summed E-state index contributed by atoms with van der Waals surface area (Å²) in [5, 5.41) is -0.390. The van der Waals surface area contributed by atoms with E-state index in [9.17, 15) is 31.1 Å². The molecule has 0 unspecified atom stereocenters. The van der Waals surface area contributed by atoms with Crippen LogP contribution in [0.4, 0.5) is 32.0 Å². The van der Waals surface area contributed by atoms with Crippen LogP contribution in [0.3, 0.4) is 0 Å². The standard InChI is InChI=1S/C17H16F6N2O2/c1-3-13-8(2)25(7-16(18,19)20)12-4-9-10(17(21,22)23)5-15(26)24-11(9)6-14(12)27-13/h4-6,8,13H,3,7H2,1-2H3,(H,24,26)/t8-,13+/m1/s1. The third-order valence-electron chi connectivity index (χ3n) is 4.60. The van der Waals surface area contributed by atoms with Crippen molar-refractivity contribution in [2.45, 2.75) is 44.8 Å². The minimum Gasteiger partial charge on any atom is -0.486 e. The van der Waals surface area contributed by atoms with E-state index in [1.807, 2.05) is 0 Å². The molecule has 148 valence electrons. The van der Waals surface area contributed by atoms with Crippen LogP contribution < -0.4 is 15.2 Å². The molecule has 0 spiro atoms. The highest BCUT2D eigenvalue weighted by molar-refractivity contribution is 5.89. The largest absolute Gasteiger partial charge is 0.486 e. The number of rotatable bonds is 2. The number of pyridine rings is 1. The van der Waals surface area contributed by atoms with Crippen LogP contribution in [-0.2, 0) is 6.18 Å². The van der Waals surface area contributed by atoms with Crippen molar-refractivity contribution < 1.29 is 31.1 Å². The molecule has 27 heavy (non-hydrogen) atoms. The summed E-state index contributed by atoms with van der Waals surface area (Å²) in [6.07, 6.45) is -9.54. The van der Waals surface area contributed by atoms with E-state index >= 15 is 0 Å². The maximum atomic E-state index is 13.3. The normalized spacial score (nSPS) is 20.5. The van der Waals surface area contributed by atoms with E-state index in [4.69, 9.17) is 4.74 Å². The van der Waals surface area contributed by atoms with E-state index in [1.54, 1.807) is 6.92 Å². The molecule has 1 aromatic carbocycles. The van der Waals surface area contributed by atoms with Crippen LogP contribution >= 0.6 is 0 Å². The molecule has 0 aliphatic carbocycles. The third kappa shape index (κ3) is 3.70. The molecule has 1 aromatic heterocycles. The summed E-state index contributed by atoms with van der Waals surface area (Å²) < 4.78 is 84.8. The van der Waals surface area contributed by atoms with Crippen molar-refractivity contribution in [3.05, 3.63) is 34.1 Å². The quantitative estimate of drug-likeness (QED) is 0.765. The number of benzene rings is 1. The Labute approximate surface area is 149 Å². The van der Waals surface area contributed by atoms with Gasteiger partial charge < -0.3 is 14.6 Å². The van der Waals surface area contributed by atoms with Gasteiger partial charge in [0.1, 0.15) is 18.4 Å². The molecule has 1 N–H and O–H groups in total.